The number of carbonyl (C=O) groups is 1. The Kier molecular flexibility index (Phi) is 6.82. The maximum atomic E-state index is 12.2. The first kappa shape index (κ1) is 20.5. The van der Waals surface area contributed by atoms with Crippen molar-refractivity contribution in [1.82, 2.24) is 25.1 Å². The van der Waals surface area contributed by atoms with Crippen LogP contribution in [0.3, 0.4) is 0 Å². The maximum absolute atomic E-state index is 12.2. The van der Waals surface area contributed by atoms with Crippen LogP contribution in [0.25, 0.3) is 0 Å². The molecule has 0 aliphatic carbocycles. The molecule has 10 heteroatoms. The molecule has 0 spiro atoms. The van der Waals surface area contributed by atoms with Crippen LogP contribution in [-0.2, 0) is 24.4 Å². The Morgan fingerprint density at radius 1 is 1.39 bits per heavy atom. The van der Waals surface area contributed by atoms with Gasteiger partial charge >= 0.3 is 0 Å². The molecule has 3 rings (SSSR count). The van der Waals surface area contributed by atoms with E-state index >= 15 is 0 Å². The molecule has 0 radical (unpaired) electrons. The number of benzene rings is 1. The van der Waals surface area contributed by atoms with Crippen LogP contribution in [-0.4, -0.2) is 25.7 Å². The standard InChI is InChI=1S/C18H20ClN5O2S2/c1-11(2)24-15(22-23-18(24)27)8-20-16(25)7-13-10-28-17(21-13)9-26-14-5-3-12(19)4-6-14/h3-6,10-11H,7-9H2,1-2H3,(H,20,25)(H,23,27). The Balaban J connectivity index is 1.50. The Labute approximate surface area is 176 Å². The van der Waals surface area contributed by atoms with Crippen LogP contribution in [0.2, 0.25) is 5.02 Å². The SMILES string of the molecule is CC(C)n1c(CNC(=O)Cc2csc(COc3ccc(Cl)cc3)n2)n[nH]c1=S. The minimum atomic E-state index is -0.125. The van der Waals surface area contributed by atoms with Gasteiger partial charge in [-0.05, 0) is 50.3 Å². The van der Waals surface area contributed by atoms with E-state index in [1.165, 1.54) is 11.3 Å². The lowest BCUT2D eigenvalue weighted by molar-refractivity contribution is -0.120. The highest BCUT2D eigenvalue weighted by molar-refractivity contribution is 7.71. The molecule has 7 nitrogen and oxygen atoms in total. The summed E-state index contributed by atoms with van der Waals surface area (Å²) in [4.78, 5) is 16.7. The Morgan fingerprint density at radius 2 is 2.14 bits per heavy atom. The number of nitrogens with one attached hydrogen (secondary N) is 2. The molecule has 2 aromatic heterocycles. The van der Waals surface area contributed by atoms with E-state index < -0.39 is 0 Å². The third kappa shape index (κ3) is 5.40. The molecule has 0 aliphatic heterocycles. The minimum Gasteiger partial charge on any atom is -0.486 e. The summed E-state index contributed by atoms with van der Waals surface area (Å²) in [5.41, 5.74) is 0.708. The van der Waals surface area contributed by atoms with Crippen molar-refractivity contribution in [2.45, 2.75) is 39.5 Å². The summed E-state index contributed by atoms with van der Waals surface area (Å²) < 4.78 is 8.10. The quantitative estimate of drug-likeness (QED) is 0.519. The van der Waals surface area contributed by atoms with E-state index in [2.05, 4.69) is 20.5 Å². The van der Waals surface area contributed by atoms with Gasteiger partial charge in [-0.3, -0.25) is 9.89 Å². The molecule has 0 unspecified atom stereocenters. The van der Waals surface area contributed by atoms with Crippen molar-refractivity contribution in [2.24, 2.45) is 0 Å². The van der Waals surface area contributed by atoms with Gasteiger partial charge in [-0.25, -0.2) is 4.98 Å². The van der Waals surface area contributed by atoms with E-state index in [0.717, 1.165) is 10.8 Å². The van der Waals surface area contributed by atoms with Gasteiger partial charge < -0.3 is 14.6 Å². The van der Waals surface area contributed by atoms with Crippen molar-refractivity contribution in [3.63, 3.8) is 0 Å². The highest BCUT2D eigenvalue weighted by Crippen LogP contribution is 2.18. The van der Waals surface area contributed by atoms with Crippen LogP contribution < -0.4 is 10.1 Å². The predicted octanol–water partition coefficient (Wildman–Crippen LogP) is 4.07. The lowest BCUT2D eigenvalue weighted by Crippen LogP contribution is -2.26. The first-order chi connectivity index (χ1) is 13.4. The average Bonchev–Trinajstić information content (AvgIpc) is 3.25. The van der Waals surface area contributed by atoms with Crippen molar-refractivity contribution in [1.29, 1.82) is 0 Å². The smallest absolute Gasteiger partial charge is 0.226 e. The van der Waals surface area contributed by atoms with Crippen molar-refractivity contribution >= 4 is 41.1 Å². The molecular formula is C18H20ClN5O2S2. The monoisotopic (exact) mass is 437 g/mol. The lowest BCUT2D eigenvalue weighted by atomic mass is 10.3. The second-order valence-corrected chi connectivity index (χ2v) is 8.10. The van der Waals surface area contributed by atoms with Gasteiger partial charge in [0.1, 0.15) is 17.4 Å². The molecule has 0 bridgehead atoms. The summed E-state index contributed by atoms with van der Waals surface area (Å²) in [6, 6.07) is 7.31. The molecule has 0 fully saturated rings. The van der Waals surface area contributed by atoms with Gasteiger partial charge in [-0.1, -0.05) is 11.6 Å². The van der Waals surface area contributed by atoms with E-state index in [9.17, 15) is 4.79 Å². The van der Waals surface area contributed by atoms with Crippen LogP contribution >= 0.6 is 35.2 Å². The average molecular weight is 438 g/mol. The lowest BCUT2D eigenvalue weighted by Gasteiger charge is -2.10. The normalized spacial score (nSPS) is 11.0. The minimum absolute atomic E-state index is 0.125. The predicted molar refractivity (Wildman–Crippen MR) is 111 cm³/mol. The summed E-state index contributed by atoms with van der Waals surface area (Å²) >= 11 is 12.5. The van der Waals surface area contributed by atoms with Crippen molar-refractivity contribution in [2.75, 3.05) is 0 Å². The molecule has 3 aromatic rings. The molecule has 2 heterocycles. The number of aromatic amines is 1. The molecule has 1 amide bonds. The summed E-state index contributed by atoms with van der Waals surface area (Å²) in [7, 11) is 0. The Morgan fingerprint density at radius 3 is 2.86 bits per heavy atom. The number of aromatic nitrogens is 4. The third-order valence-electron chi connectivity index (χ3n) is 3.85. The van der Waals surface area contributed by atoms with E-state index in [4.69, 9.17) is 28.6 Å². The maximum Gasteiger partial charge on any atom is 0.226 e. The molecule has 0 aliphatic rings. The first-order valence-electron chi connectivity index (χ1n) is 8.66. The number of hydrogen-bond acceptors (Lipinski definition) is 6. The van der Waals surface area contributed by atoms with Gasteiger partial charge in [-0.15, -0.1) is 11.3 Å². The fourth-order valence-electron chi connectivity index (χ4n) is 2.57. The zero-order valence-electron chi connectivity index (χ0n) is 15.4. The van der Waals surface area contributed by atoms with Crippen molar-refractivity contribution in [3.8, 4) is 5.75 Å². The van der Waals surface area contributed by atoms with Crippen LogP contribution in [0.4, 0.5) is 0 Å². The number of H-pyrrole nitrogens is 1. The highest BCUT2D eigenvalue weighted by Gasteiger charge is 2.12. The van der Waals surface area contributed by atoms with Gasteiger partial charge in [0.25, 0.3) is 0 Å². The molecule has 2 N–H and O–H groups in total. The van der Waals surface area contributed by atoms with Crippen molar-refractivity contribution < 1.29 is 9.53 Å². The van der Waals surface area contributed by atoms with E-state index in [0.29, 0.717) is 34.5 Å². The summed E-state index contributed by atoms with van der Waals surface area (Å²) in [5.74, 6) is 1.29. The summed E-state index contributed by atoms with van der Waals surface area (Å²) in [5, 5.41) is 13.1. The van der Waals surface area contributed by atoms with Gasteiger partial charge in [0, 0.05) is 16.4 Å². The van der Waals surface area contributed by atoms with Gasteiger partial charge in [0.2, 0.25) is 5.91 Å². The summed E-state index contributed by atoms with van der Waals surface area (Å²) in [6.45, 7) is 4.68. The topological polar surface area (TPSA) is 84.8 Å². The van der Waals surface area contributed by atoms with Gasteiger partial charge in [-0.2, -0.15) is 5.10 Å². The van der Waals surface area contributed by atoms with Crippen LogP contribution in [0.15, 0.2) is 29.6 Å². The number of thiazole rings is 1. The van der Waals surface area contributed by atoms with Crippen LogP contribution in [0, 0.1) is 4.77 Å². The number of carbonyl (C=O) groups excluding carboxylic acids is 1. The van der Waals surface area contributed by atoms with Gasteiger partial charge in [0.05, 0.1) is 18.7 Å². The third-order valence-corrected chi connectivity index (χ3v) is 5.27. The molecular weight excluding hydrogens is 418 g/mol. The highest BCUT2D eigenvalue weighted by atomic mass is 35.5. The summed E-state index contributed by atoms with van der Waals surface area (Å²) in [6.07, 6.45) is 0.199. The van der Waals surface area contributed by atoms with E-state index in [-0.39, 0.29) is 18.4 Å². The van der Waals surface area contributed by atoms with Gasteiger partial charge in [0.15, 0.2) is 10.6 Å². The number of ether oxygens (including phenoxy) is 1. The largest absolute Gasteiger partial charge is 0.486 e. The molecule has 1 aromatic carbocycles. The number of amides is 1. The number of halogens is 1. The first-order valence-corrected chi connectivity index (χ1v) is 10.3. The van der Waals surface area contributed by atoms with E-state index in [1.807, 2.05) is 23.8 Å². The zero-order valence-corrected chi connectivity index (χ0v) is 17.8. The molecule has 0 atom stereocenters. The molecule has 28 heavy (non-hydrogen) atoms. The number of nitrogens with zero attached hydrogens (tertiary/aromatic N) is 3. The number of hydrogen-bond donors (Lipinski definition) is 2. The number of rotatable bonds is 8. The second kappa shape index (κ2) is 9.31. The van der Waals surface area contributed by atoms with Crippen LogP contribution in [0.1, 0.15) is 36.4 Å². The molecule has 0 saturated heterocycles. The molecule has 148 valence electrons. The zero-order chi connectivity index (χ0) is 20.1. The van der Waals surface area contributed by atoms with Crippen molar-refractivity contribution in [3.05, 3.63) is 56.0 Å². The Hall–Kier alpha value is -2.23. The fraction of sp³-hybridized carbons (Fsp3) is 0.333. The van der Waals surface area contributed by atoms with E-state index in [1.54, 1.807) is 24.3 Å². The second-order valence-electron chi connectivity index (χ2n) is 6.34. The fourth-order valence-corrected chi connectivity index (χ4v) is 3.76. The molecule has 0 saturated carbocycles. The Bertz CT molecular complexity index is 994. The van der Waals surface area contributed by atoms with Crippen LogP contribution in [0.5, 0.6) is 5.75 Å².